The van der Waals surface area contributed by atoms with E-state index in [1.54, 1.807) is 13.1 Å². The zero-order chi connectivity index (χ0) is 10.0. The maximum atomic E-state index is 13.1. The van der Waals surface area contributed by atoms with Crippen LogP contribution in [0.3, 0.4) is 0 Å². The van der Waals surface area contributed by atoms with Crippen molar-refractivity contribution in [3.8, 4) is 0 Å². The van der Waals surface area contributed by atoms with Crippen molar-refractivity contribution in [3.05, 3.63) is 28.0 Å². The molecule has 0 saturated heterocycles. The second kappa shape index (κ2) is 4.36. The standard InChI is InChI=1S/C8H7BrFIN2/c1-13-7-3-5(9)6(10)2-4(7)8(11)12/h2-3,12-13H,1H3. The third-order valence-corrected chi connectivity index (χ3v) is 2.76. The molecule has 0 aliphatic carbocycles. The summed E-state index contributed by atoms with van der Waals surface area (Å²) in [4.78, 5) is 0. The van der Waals surface area contributed by atoms with Crippen LogP contribution in [0.5, 0.6) is 0 Å². The average Bonchev–Trinajstić information content (AvgIpc) is 2.08. The minimum absolute atomic E-state index is 0.313. The van der Waals surface area contributed by atoms with Gasteiger partial charge in [-0.15, -0.1) is 0 Å². The highest BCUT2D eigenvalue weighted by molar-refractivity contribution is 14.1. The third kappa shape index (κ3) is 2.40. The normalized spacial score (nSPS) is 9.85. The van der Waals surface area contributed by atoms with Crippen LogP contribution in [0, 0.1) is 11.2 Å². The fourth-order valence-electron chi connectivity index (χ4n) is 0.935. The molecule has 0 aliphatic heterocycles. The highest BCUT2D eigenvalue weighted by Gasteiger charge is 2.09. The monoisotopic (exact) mass is 356 g/mol. The van der Waals surface area contributed by atoms with Gasteiger partial charge in [0.2, 0.25) is 0 Å². The van der Waals surface area contributed by atoms with E-state index in [9.17, 15) is 4.39 Å². The largest absolute Gasteiger partial charge is 0.388 e. The molecular formula is C8H7BrFIN2. The van der Waals surface area contributed by atoms with E-state index < -0.39 is 0 Å². The Bertz CT molecular complexity index is 354. The molecule has 0 atom stereocenters. The van der Waals surface area contributed by atoms with Gasteiger partial charge in [0, 0.05) is 18.3 Å². The summed E-state index contributed by atoms with van der Waals surface area (Å²) in [5.74, 6) is -0.351. The van der Waals surface area contributed by atoms with E-state index in [2.05, 4.69) is 21.2 Å². The molecule has 1 rings (SSSR count). The summed E-state index contributed by atoms with van der Waals surface area (Å²) < 4.78 is 13.8. The minimum atomic E-state index is -0.351. The summed E-state index contributed by atoms with van der Waals surface area (Å²) in [6.07, 6.45) is 0. The van der Waals surface area contributed by atoms with Crippen LogP contribution in [-0.2, 0) is 0 Å². The van der Waals surface area contributed by atoms with Crippen LogP contribution in [0.25, 0.3) is 0 Å². The molecule has 1 aromatic rings. The summed E-state index contributed by atoms with van der Waals surface area (Å²) in [5, 5.41) is 10.3. The topological polar surface area (TPSA) is 35.9 Å². The van der Waals surface area contributed by atoms with Crippen LogP contribution in [0.1, 0.15) is 5.56 Å². The van der Waals surface area contributed by atoms with Gasteiger partial charge >= 0.3 is 0 Å². The van der Waals surface area contributed by atoms with Crippen molar-refractivity contribution < 1.29 is 4.39 Å². The first kappa shape index (κ1) is 10.9. The Kier molecular flexibility index (Phi) is 3.66. The molecule has 0 aromatic heterocycles. The van der Waals surface area contributed by atoms with Gasteiger partial charge in [-0.05, 0) is 50.7 Å². The molecule has 0 aliphatic rings. The predicted molar refractivity (Wildman–Crippen MR) is 64.5 cm³/mol. The van der Waals surface area contributed by atoms with Crippen molar-refractivity contribution in [1.82, 2.24) is 0 Å². The molecule has 0 bridgehead atoms. The van der Waals surface area contributed by atoms with E-state index in [1.165, 1.54) is 6.07 Å². The zero-order valence-electron chi connectivity index (χ0n) is 6.79. The number of nitrogens with one attached hydrogen (secondary N) is 2. The number of hydrogen-bond donors (Lipinski definition) is 2. The lowest BCUT2D eigenvalue weighted by molar-refractivity contribution is 0.621. The molecule has 0 spiro atoms. The SMILES string of the molecule is CNc1cc(Br)c(F)cc1C(=N)I. The molecule has 5 heteroatoms. The van der Waals surface area contributed by atoms with E-state index >= 15 is 0 Å². The molecule has 0 heterocycles. The first-order valence-corrected chi connectivity index (χ1v) is 5.34. The van der Waals surface area contributed by atoms with Gasteiger partial charge in [-0.1, -0.05) is 0 Å². The Hall–Kier alpha value is -0.170. The van der Waals surface area contributed by atoms with Gasteiger partial charge in [0.1, 0.15) is 9.54 Å². The van der Waals surface area contributed by atoms with Gasteiger partial charge in [0.25, 0.3) is 0 Å². The van der Waals surface area contributed by atoms with Crippen LogP contribution in [0.2, 0.25) is 0 Å². The molecular weight excluding hydrogens is 350 g/mol. The molecule has 0 fully saturated rings. The summed E-state index contributed by atoms with van der Waals surface area (Å²) in [6, 6.07) is 2.96. The van der Waals surface area contributed by atoms with E-state index in [0.29, 0.717) is 13.8 Å². The van der Waals surface area contributed by atoms with Crippen LogP contribution < -0.4 is 5.32 Å². The van der Waals surface area contributed by atoms with Crippen LogP contribution in [0.15, 0.2) is 16.6 Å². The Morgan fingerprint density at radius 2 is 2.23 bits per heavy atom. The lowest BCUT2D eigenvalue weighted by Gasteiger charge is -2.07. The Morgan fingerprint density at radius 1 is 1.62 bits per heavy atom. The maximum absolute atomic E-state index is 13.1. The molecule has 13 heavy (non-hydrogen) atoms. The second-order valence-electron chi connectivity index (χ2n) is 2.38. The zero-order valence-corrected chi connectivity index (χ0v) is 10.5. The minimum Gasteiger partial charge on any atom is -0.388 e. The van der Waals surface area contributed by atoms with E-state index in [4.69, 9.17) is 5.41 Å². The molecule has 1 aromatic carbocycles. The number of anilines is 1. The van der Waals surface area contributed by atoms with Crippen molar-refractivity contribution in [3.63, 3.8) is 0 Å². The summed E-state index contributed by atoms with van der Waals surface area (Å²) in [6.45, 7) is 0. The maximum Gasteiger partial charge on any atom is 0.138 e. The van der Waals surface area contributed by atoms with Crippen molar-refractivity contribution in [1.29, 1.82) is 5.41 Å². The Morgan fingerprint density at radius 3 is 2.69 bits per heavy atom. The van der Waals surface area contributed by atoms with Gasteiger partial charge in [0.05, 0.1) is 4.47 Å². The molecule has 0 amide bonds. The summed E-state index contributed by atoms with van der Waals surface area (Å²) >= 11 is 4.93. The molecule has 2 N–H and O–H groups in total. The fraction of sp³-hybridized carbons (Fsp3) is 0.125. The van der Waals surface area contributed by atoms with Crippen molar-refractivity contribution in [2.75, 3.05) is 12.4 Å². The van der Waals surface area contributed by atoms with E-state index in [-0.39, 0.29) is 5.82 Å². The molecule has 0 radical (unpaired) electrons. The van der Waals surface area contributed by atoms with Gasteiger partial charge in [0.15, 0.2) is 0 Å². The first-order valence-electron chi connectivity index (χ1n) is 3.47. The van der Waals surface area contributed by atoms with Crippen LogP contribution in [0.4, 0.5) is 10.1 Å². The van der Waals surface area contributed by atoms with Crippen molar-refractivity contribution in [2.24, 2.45) is 0 Å². The number of hydrogen-bond acceptors (Lipinski definition) is 2. The highest BCUT2D eigenvalue weighted by atomic mass is 127. The lowest BCUT2D eigenvalue weighted by Crippen LogP contribution is -1.99. The van der Waals surface area contributed by atoms with E-state index in [0.717, 1.165) is 5.69 Å². The number of rotatable bonds is 2. The van der Waals surface area contributed by atoms with Gasteiger partial charge in [-0.25, -0.2) is 4.39 Å². The van der Waals surface area contributed by atoms with Crippen molar-refractivity contribution >= 4 is 47.9 Å². The number of halogens is 3. The van der Waals surface area contributed by atoms with Crippen molar-refractivity contribution in [2.45, 2.75) is 0 Å². The highest BCUT2D eigenvalue weighted by Crippen LogP contribution is 2.26. The van der Waals surface area contributed by atoms with E-state index in [1.807, 2.05) is 22.6 Å². The lowest BCUT2D eigenvalue weighted by atomic mass is 10.2. The smallest absolute Gasteiger partial charge is 0.138 e. The third-order valence-electron chi connectivity index (χ3n) is 1.57. The number of benzene rings is 1. The fourth-order valence-corrected chi connectivity index (χ4v) is 1.72. The predicted octanol–water partition coefficient (Wildman–Crippen LogP) is 3.39. The van der Waals surface area contributed by atoms with Gasteiger partial charge in [-0.3, -0.25) is 5.41 Å². The summed E-state index contributed by atoms with van der Waals surface area (Å²) in [5.41, 5.74) is 1.32. The Balaban J connectivity index is 3.33. The molecule has 0 saturated carbocycles. The Labute approximate surface area is 97.7 Å². The second-order valence-corrected chi connectivity index (χ2v) is 4.31. The molecule has 0 unspecified atom stereocenters. The molecule has 2 nitrogen and oxygen atoms in total. The van der Waals surface area contributed by atoms with Gasteiger partial charge in [-0.2, -0.15) is 0 Å². The van der Waals surface area contributed by atoms with Crippen LogP contribution >= 0.6 is 38.5 Å². The average molecular weight is 357 g/mol. The summed E-state index contributed by atoms with van der Waals surface area (Å²) in [7, 11) is 1.74. The first-order chi connectivity index (χ1) is 6.06. The van der Waals surface area contributed by atoms with Crippen LogP contribution in [-0.4, -0.2) is 10.8 Å². The molecule has 70 valence electrons. The quantitative estimate of drug-likeness (QED) is 0.618. The van der Waals surface area contributed by atoms with Gasteiger partial charge < -0.3 is 5.32 Å².